The average molecular weight is 289 g/mol. The Morgan fingerprint density at radius 2 is 1.82 bits per heavy atom. The molecule has 0 saturated carbocycles. The van der Waals surface area contributed by atoms with Crippen molar-refractivity contribution in [3.8, 4) is 17.3 Å². The van der Waals surface area contributed by atoms with Gasteiger partial charge in [0, 0.05) is 5.56 Å². The first-order valence-electron chi connectivity index (χ1n) is 7.44. The number of benzene rings is 1. The number of hydrogen-bond acceptors (Lipinski definition) is 4. The van der Waals surface area contributed by atoms with Gasteiger partial charge in [-0.15, -0.1) is 0 Å². The van der Waals surface area contributed by atoms with Crippen LogP contribution >= 0.6 is 0 Å². The van der Waals surface area contributed by atoms with Gasteiger partial charge in [-0.2, -0.15) is 10.4 Å². The van der Waals surface area contributed by atoms with Crippen LogP contribution in [0.5, 0.6) is 0 Å². The highest BCUT2D eigenvalue weighted by atomic mass is 15.2. The number of H-pyrrole nitrogens is 1. The Labute approximate surface area is 127 Å². The second kappa shape index (κ2) is 4.85. The van der Waals surface area contributed by atoms with E-state index in [9.17, 15) is 0 Å². The molecule has 108 valence electrons. The summed E-state index contributed by atoms with van der Waals surface area (Å²) in [6, 6.07) is 9.73. The molecule has 1 aliphatic carbocycles. The Balaban J connectivity index is 1.99. The SMILES string of the molecule is N#Cc1ccc(-c2nc3[nH]nc(N)c3c3c2CCCC3)cc1. The van der Waals surface area contributed by atoms with Crippen molar-refractivity contribution in [2.45, 2.75) is 25.7 Å². The number of rotatable bonds is 1. The van der Waals surface area contributed by atoms with Crippen molar-refractivity contribution in [2.24, 2.45) is 0 Å². The van der Waals surface area contributed by atoms with Crippen molar-refractivity contribution in [1.82, 2.24) is 15.2 Å². The predicted octanol–water partition coefficient (Wildman–Crippen LogP) is 2.96. The van der Waals surface area contributed by atoms with Crippen LogP contribution in [0.4, 0.5) is 5.82 Å². The zero-order valence-corrected chi connectivity index (χ0v) is 12.1. The number of anilines is 1. The summed E-state index contributed by atoms with van der Waals surface area (Å²) in [6.07, 6.45) is 4.37. The number of nitrogen functional groups attached to an aromatic ring is 1. The molecule has 5 heteroatoms. The molecule has 0 bridgehead atoms. The Morgan fingerprint density at radius 1 is 1.09 bits per heavy atom. The monoisotopic (exact) mass is 289 g/mol. The molecule has 3 N–H and O–H groups in total. The smallest absolute Gasteiger partial charge is 0.158 e. The Bertz CT molecular complexity index is 899. The fourth-order valence-electron chi connectivity index (χ4n) is 3.29. The van der Waals surface area contributed by atoms with Gasteiger partial charge in [-0.05, 0) is 48.9 Å². The highest BCUT2D eigenvalue weighted by molar-refractivity contribution is 5.93. The summed E-state index contributed by atoms with van der Waals surface area (Å²) >= 11 is 0. The van der Waals surface area contributed by atoms with Gasteiger partial charge in [-0.1, -0.05) is 12.1 Å². The fourth-order valence-corrected chi connectivity index (χ4v) is 3.29. The summed E-state index contributed by atoms with van der Waals surface area (Å²) < 4.78 is 0. The minimum Gasteiger partial charge on any atom is -0.382 e. The van der Waals surface area contributed by atoms with Crippen LogP contribution in [-0.4, -0.2) is 15.2 Å². The largest absolute Gasteiger partial charge is 0.382 e. The summed E-state index contributed by atoms with van der Waals surface area (Å²) in [7, 11) is 0. The van der Waals surface area contributed by atoms with E-state index >= 15 is 0 Å². The summed E-state index contributed by atoms with van der Waals surface area (Å²) in [5, 5.41) is 17.0. The number of aromatic amines is 1. The summed E-state index contributed by atoms with van der Waals surface area (Å²) in [5.74, 6) is 0.534. The Hall–Kier alpha value is -2.87. The minimum absolute atomic E-state index is 0.534. The van der Waals surface area contributed by atoms with Gasteiger partial charge in [0.05, 0.1) is 22.7 Å². The minimum atomic E-state index is 0.534. The molecule has 0 aliphatic heterocycles. The van der Waals surface area contributed by atoms with E-state index in [0.717, 1.165) is 35.1 Å². The molecule has 0 fully saturated rings. The predicted molar refractivity (Wildman–Crippen MR) is 85.1 cm³/mol. The third-order valence-corrected chi connectivity index (χ3v) is 4.34. The number of nitrogens with zero attached hydrogens (tertiary/aromatic N) is 3. The Morgan fingerprint density at radius 3 is 2.55 bits per heavy atom. The highest BCUT2D eigenvalue weighted by Crippen LogP contribution is 2.36. The molecule has 1 aromatic carbocycles. The van der Waals surface area contributed by atoms with Crippen molar-refractivity contribution in [1.29, 1.82) is 5.26 Å². The van der Waals surface area contributed by atoms with Gasteiger partial charge < -0.3 is 5.73 Å². The molecule has 1 aliphatic rings. The number of aryl methyl sites for hydroxylation is 1. The van der Waals surface area contributed by atoms with E-state index in [2.05, 4.69) is 16.3 Å². The van der Waals surface area contributed by atoms with Gasteiger partial charge in [0.2, 0.25) is 0 Å². The van der Waals surface area contributed by atoms with Crippen LogP contribution in [0.3, 0.4) is 0 Å². The van der Waals surface area contributed by atoms with Gasteiger partial charge in [-0.3, -0.25) is 5.10 Å². The van der Waals surface area contributed by atoms with Crippen LogP contribution in [-0.2, 0) is 12.8 Å². The Kier molecular flexibility index (Phi) is 2.83. The first-order valence-corrected chi connectivity index (χ1v) is 7.44. The van der Waals surface area contributed by atoms with Gasteiger partial charge >= 0.3 is 0 Å². The molecule has 0 spiro atoms. The molecule has 0 amide bonds. The number of aromatic nitrogens is 3. The number of hydrogen-bond donors (Lipinski definition) is 2. The van der Waals surface area contributed by atoms with Crippen molar-refractivity contribution in [2.75, 3.05) is 5.73 Å². The second-order valence-electron chi connectivity index (χ2n) is 5.65. The number of pyridine rings is 1. The number of nitriles is 1. The third-order valence-electron chi connectivity index (χ3n) is 4.34. The van der Waals surface area contributed by atoms with Crippen molar-refractivity contribution in [3.05, 3.63) is 41.0 Å². The summed E-state index contributed by atoms with van der Waals surface area (Å²) in [5.41, 5.74) is 12.0. The van der Waals surface area contributed by atoms with E-state index in [4.69, 9.17) is 16.0 Å². The van der Waals surface area contributed by atoms with E-state index < -0.39 is 0 Å². The molecule has 5 nitrogen and oxygen atoms in total. The lowest BCUT2D eigenvalue weighted by Crippen LogP contribution is -2.07. The first kappa shape index (κ1) is 12.8. The molecule has 4 rings (SSSR count). The molecule has 0 unspecified atom stereocenters. The zero-order valence-electron chi connectivity index (χ0n) is 12.1. The van der Waals surface area contributed by atoms with E-state index in [1.54, 1.807) is 0 Å². The lowest BCUT2D eigenvalue weighted by atomic mass is 9.87. The summed E-state index contributed by atoms with van der Waals surface area (Å²) in [6.45, 7) is 0. The number of fused-ring (bicyclic) bond motifs is 3. The average Bonchev–Trinajstić information content (AvgIpc) is 2.95. The van der Waals surface area contributed by atoms with Crippen molar-refractivity contribution < 1.29 is 0 Å². The van der Waals surface area contributed by atoms with Crippen molar-refractivity contribution >= 4 is 16.9 Å². The first-order chi connectivity index (χ1) is 10.8. The van der Waals surface area contributed by atoms with E-state index in [1.165, 1.54) is 24.0 Å². The highest BCUT2D eigenvalue weighted by Gasteiger charge is 2.21. The van der Waals surface area contributed by atoms with Crippen LogP contribution in [0.25, 0.3) is 22.3 Å². The summed E-state index contributed by atoms with van der Waals surface area (Å²) in [4.78, 5) is 4.75. The van der Waals surface area contributed by atoms with Crippen LogP contribution in [0.2, 0.25) is 0 Å². The molecular formula is C17H15N5. The van der Waals surface area contributed by atoms with E-state index in [1.807, 2.05) is 24.3 Å². The quantitative estimate of drug-likeness (QED) is 0.720. The molecule has 0 atom stereocenters. The van der Waals surface area contributed by atoms with Gasteiger partial charge in [-0.25, -0.2) is 4.98 Å². The standard InChI is InChI=1S/C17H15N5/c18-9-10-5-7-11(8-6-10)15-13-4-2-1-3-12(13)14-16(19)21-22-17(14)20-15/h5-8H,1-4H2,(H3,19,20,21,22). The zero-order chi connectivity index (χ0) is 15.1. The maximum absolute atomic E-state index is 8.94. The third kappa shape index (κ3) is 1.85. The van der Waals surface area contributed by atoms with E-state index in [-0.39, 0.29) is 0 Å². The molecule has 0 radical (unpaired) electrons. The lowest BCUT2D eigenvalue weighted by molar-refractivity contribution is 0.689. The second-order valence-corrected chi connectivity index (χ2v) is 5.65. The molecule has 22 heavy (non-hydrogen) atoms. The number of nitrogens with one attached hydrogen (secondary N) is 1. The molecule has 2 heterocycles. The molecule has 0 saturated heterocycles. The topological polar surface area (TPSA) is 91.4 Å². The molecule has 3 aromatic rings. The van der Waals surface area contributed by atoms with E-state index in [0.29, 0.717) is 11.4 Å². The number of nitrogens with two attached hydrogens (primary N) is 1. The van der Waals surface area contributed by atoms with Crippen LogP contribution in [0, 0.1) is 11.3 Å². The fraction of sp³-hybridized carbons (Fsp3) is 0.235. The maximum Gasteiger partial charge on any atom is 0.158 e. The van der Waals surface area contributed by atoms with Crippen LogP contribution in [0.15, 0.2) is 24.3 Å². The van der Waals surface area contributed by atoms with Gasteiger partial charge in [0.15, 0.2) is 11.5 Å². The normalized spacial score (nSPS) is 13.8. The molecular weight excluding hydrogens is 274 g/mol. The maximum atomic E-state index is 8.94. The van der Waals surface area contributed by atoms with Crippen LogP contribution in [0.1, 0.15) is 29.5 Å². The van der Waals surface area contributed by atoms with Gasteiger partial charge in [0.1, 0.15) is 0 Å². The lowest BCUT2D eigenvalue weighted by Gasteiger charge is -2.20. The molecule has 2 aromatic heterocycles. The van der Waals surface area contributed by atoms with Gasteiger partial charge in [0.25, 0.3) is 0 Å². The van der Waals surface area contributed by atoms with Crippen molar-refractivity contribution in [3.63, 3.8) is 0 Å². The van der Waals surface area contributed by atoms with Crippen LogP contribution < -0.4 is 5.73 Å².